The molecular weight excluding hydrogens is 199 g/mol. The van der Waals surface area contributed by atoms with Gasteiger partial charge in [-0.15, -0.1) is 0 Å². The van der Waals surface area contributed by atoms with E-state index in [1.54, 1.807) is 0 Å². The molecule has 6 heteroatoms. The number of rotatable bonds is 6. The summed E-state index contributed by atoms with van der Waals surface area (Å²) in [5.41, 5.74) is 5.34. The molecule has 0 saturated heterocycles. The number of alkyl halides is 3. The van der Waals surface area contributed by atoms with Gasteiger partial charge in [-0.1, -0.05) is 0 Å². The molecule has 0 bridgehead atoms. The van der Waals surface area contributed by atoms with Crippen LogP contribution in [-0.2, 0) is 9.53 Å². The standard InChI is InChI=1S/C8H14F3NO2/c1-14-5-3-6(12)7(13)2-4-8(9,10)11/h6H,2-5,12H2,1H3. The third kappa shape index (κ3) is 6.85. The van der Waals surface area contributed by atoms with Crippen molar-refractivity contribution in [2.24, 2.45) is 5.73 Å². The normalized spacial score (nSPS) is 14.1. The van der Waals surface area contributed by atoms with Crippen LogP contribution in [0.15, 0.2) is 0 Å². The Kier molecular flexibility index (Phi) is 5.71. The summed E-state index contributed by atoms with van der Waals surface area (Å²) in [6.07, 6.45) is -5.69. The molecular formula is C8H14F3NO2. The van der Waals surface area contributed by atoms with Gasteiger partial charge in [-0.3, -0.25) is 4.79 Å². The highest BCUT2D eigenvalue weighted by Crippen LogP contribution is 2.21. The number of hydrogen-bond acceptors (Lipinski definition) is 3. The van der Waals surface area contributed by atoms with E-state index in [-0.39, 0.29) is 13.0 Å². The second-order valence-electron chi connectivity index (χ2n) is 2.97. The number of methoxy groups -OCH3 is 1. The molecule has 1 atom stereocenters. The SMILES string of the molecule is COCCC(N)C(=O)CCC(F)(F)F. The summed E-state index contributed by atoms with van der Waals surface area (Å²) in [6, 6.07) is -0.850. The highest BCUT2D eigenvalue weighted by Gasteiger charge is 2.28. The smallest absolute Gasteiger partial charge is 0.385 e. The molecule has 0 fully saturated rings. The summed E-state index contributed by atoms with van der Waals surface area (Å²) in [6.45, 7) is 0.277. The van der Waals surface area contributed by atoms with Crippen LogP contribution in [0.4, 0.5) is 13.2 Å². The maximum Gasteiger partial charge on any atom is 0.389 e. The van der Waals surface area contributed by atoms with Crippen molar-refractivity contribution in [2.45, 2.75) is 31.5 Å². The van der Waals surface area contributed by atoms with Gasteiger partial charge in [-0.05, 0) is 6.42 Å². The minimum absolute atomic E-state index is 0.257. The average molecular weight is 213 g/mol. The molecule has 0 rings (SSSR count). The molecule has 0 aromatic heterocycles. The van der Waals surface area contributed by atoms with Crippen LogP contribution in [0.3, 0.4) is 0 Å². The first-order chi connectivity index (χ1) is 6.37. The summed E-state index contributed by atoms with van der Waals surface area (Å²) in [4.78, 5) is 11.0. The van der Waals surface area contributed by atoms with Crippen LogP contribution < -0.4 is 5.73 Å². The molecule has 0 aromatic rings. The lowest BCUT2D eigenvalue weighted by atomic mass is 10.1. The molecule has 2 N–H and O–H groups in total. The Hall–Kier alpha value is -0.620. The third-order valence-electron chi connectivity index (χ3n) is 1.70. The lowest BCUT2D eigenvalue weighted by molar-refractivity contribution is -0.143. The molecule has 0 heterocycles. The predicted octanol–water partition coefficient (Wildman–Crippen LogP) is 1.26. The van der Waals surface area contributed by atoms with Crippen molar-refractivity contribution in [3.8, 4) is 0 Å². The summed E-state index contributed by atoms with van der Waals surface area (Å²) in [7, 11) is 1.44. The van der Waals surface area contributed by atoms with Crippen molar-refractivity contribution in [1.82, 2.24) is 0 Å². The Balaban J connectivity index is 3.73. The minimum Gasteiger partial charge on any atom is -0.385 e. The summed E-state index contributed by atoms with van der Waals surface area (Å²) < 4.78 is 39.8. The second-order valence-corrected chi connectivity index (χ2v) is 2.97. The minimum atomic E-state index is -4.30. The molecule has 0 aliphatic carbocycles. The lowest BCUT2D eigenvalue weighted by Gasteiger charge is -2.10. The molecule has 1 unspecified atom stereocenters. The summed E-state index contributed by atoms with van der Waals surface area (Å²) >= 11 is 0. The average Bonchev–Trinajstić information content (AvgIpc) is 2.09. The van der Waals surface area contributed by atoms with Crippen molar-refractivity contribution < 1.29 is 22.7 Å². The maximum absolute atomic E-state index is 11.7. The number of carbonyl (C=O) groups excluding carboxylic acids is 1. The Morgan fingerprint density at radius 3 is 2.50 bits per heavy atom. The van der Waals surface area contributed by atoms with E-state index in [0.29, 0.717) is 0 Å². The van der Waals surface area contributed by atoms with Crippen LogP contribution in [-0.4, -0.2) is 31.7 Å². The molecule has 0 spiro atoms. The first-order valence-corrected chi connectivity index (χ1v) is 4.21. The van der Waals surface area contributed by atoms with E-state index in [0.717, 1.165) is 0 Å². The van der Waals surface area contributed by atoms with Crippen LogP contribution in [0.1, 0.15) is 19.3 Å². The molecule has 3 nitrogen and oxygen atoms in total. The Bertz CT molecular complexity index is 182. The molecule has 0 amide bonds. The number of halogens is 3. The number of carbonyl (C=O) groups is 1. The van der Waals surface area contributed by atoms with Gasteiger partial charge < -0.3 is 10.5 Å². The molecule has 0 radical (unpaired) electrons. The molecule has 14 heavy (non-hydrogen) atoms. The summed E-state index contributed by atoms with van der Waals surface area (Å²) in [5, 5.41) is 0. The van der Waals surface area contributed by atoms with E-state index in [9.17, 15) is 18.0 Å². The lowest BCUT2D eigenvalue weighted by Crippen LogP contribution is -2.32. The molecule has 0 aliphatic rings. The zero-order valence-corrected chi connectivity index (χ0v) is 7.93. The fourth-order valence-electron chi connectivity index (χ4n) is 0.856. The topological polar surface area (TPSA) is 52.3 Å². The van der Waals surface area contributed by atoms with Crippen LogP contribution in [0.25, 0.3) is 0 Å². The van der Waals surface area contributed by atoms with Crippen molar-refractivity contribution in [2.75, 3.05) is 13.7 Å². The zero-order chi connectivity index (χ0) is 11.2. The van der Waals surface area contributed by atoms with Gasteiger partial charge >= 0.3 is 6.18 Å². The molecule has 0 saturated carbocycles. The molecule has 0 aromatic carbocycles. The van der Waals surface area contributed by atoms with Gasteiger partial charge in [0.2, 0.25) is 0 Å². The van der Waals surface area contributed by atoms with Crippen LogP contribution in [0.5, 0.6) is 0 Å². The van der Waals surface area contributed by atoms with E-state index >= 15 is 0 Å². The van der Waals surface area contributed by atoms with E-state index in [1.165, 1.54) is 7.11 Å². The van der Waals surface area contributed by atoms with Crippen molar-refractivity contribution in [1.29, 1.82) is 0 Å². The highest BCUT2D eigenvalue weighted by atomic mass is 19.4. The third-order valence-corrected chi connectivity index (χ3v) is 1.70. The Morgan fingerprint density at radius 1 is 1.50 bits per heavy atom. The number of ketones is 1. The van der Waals surface area contributed by atoms with Gasteiger partial charge in [0.25, 0.3) is 0 Å². The molecule has 0 aliphatic heterocycles. The fourth-order valence-corrected chi connectivity index (χ4v) is 0.856. The van der Waals surface area contributed by atoms with Gasteiger partial charge in [-0.2, -0.15) is 13.2 Å². The van der Waals surface area contributed by atoms with Crippen LogP contribution in [0, 0.1) is 0 Å². The van der Waals surface area contributed by atoms with Gasteiger partial charge in [0.1, 0.15) is 5.78 Å². The molecule has 84 valence electrons. The van der Waals surface area contributed by atoms with Gasteiger partial charge in [-0.25, -0.2) is 0 Å². The first-order valence-electron chi connectivity index (χ1n) is 4.21. The van der Waals surface area contributed by atoms with Gasteiger partial charge in [0.05, 0.1) is 12.5 Å². The first kappa shape index (κ1) is 13.4. The second kappa shape index (κ2) is 5.98. The zero-order valence-electron chi connectivity index (χ0n) is 7.93. The van der Waals surface area contributed by atoms with E-state index in [4.69, 9.17) is 5.73 Å². The summed E-state index contributed by atoms with van der Waals surface area (Å²) in [5.74, 6) is -0.570. The Labute approximate surface area is 80.4 Å². The van der Waals surface area contributed by atoms with Crippen molar-refractivity contribution in [3.63, 3.8) is 0 Å². The van der Waals surface area contributed by atoms with E-state index < -0.39 is 30.8 Å². The van der Waals surface area contributed by atoms with Crippen LogP contribution in [0.2, 0.25) is 0 Å². The van der Waals surface area contributed by atoms with Gasteiger partial charge in [0.15, 0.2) is 0 Å². The van der Waals surface area contributed by atoms with E-state index in [2.05, 4.69) is 4.74 Å². The monoisotopic (exact) mass is 213 g/mol. The number of nitrogens with two attached hydrogens (primary N) is 1. The van der Waals surface area contributed by atoms with Gasteiger partial charge in [0, 0.05) is 20.1 Å². The van der Waals surface area contributed by atoms with E-state index in [1.807, 2.05) is 0 Å². The number of ether oxygens (including phenoxy) is 1. The highest BCUT2D eigenvalue weighted by molar-refractivity contribution is 5.83. The fraction of sp³-hybridized carbons (Fsp3) is 0.875. The van der Waals surface area contributed by atoms with Crippen molar-refractivity contribution in [3.05, 3.63) is 0 Å². The Morgan fingerprint density at radius 2 is 2.07 bits per heavy atom. The maximum atomic E-state index is 11.7. The quantitative estimate of drug-likeness (QED) is 0.722. The number of Topliss-reactive ketones (excluding diaryl/α,β-unsaturated/α-hetero) is 1. The largest absolute Gasteiger partial charge is 0.389 e. The van der Waals surface area contributed by atoms with Crippen LogP contribution >= 0.6 is 0 Å². The number of hydrogen-bond donors (Lipinski definition) is 1. The van der Waals surface area contributed by atoms with Crippen molar-refractivity contribution >= 4 is 5.78 Å². The predicted molar refractivity (Wildman–Crippen MR) is 44.8 cm³/mol.